The average molecular weight is 255 g/mol. The Morgan fingerprint density at radius 3 is 3.00 bits per heavy atom. The lowest BCUT2D eigenvalue weighted by atomic mass is 10.3. The van der Waals surface area contributed by atoms with Crippen molar-refractivity contribution in [1.82, 2.24) is 9.97 Å². The molecule has 0 aliphatic heterocycles. The molecule has 5 heteroatoms. The van der Waals surface area contributed by atoms with Crippen LogP contribution < -0.4 is 5.56 Å². The first-order valence-corrected chi connectivity index (χ1v) is 6.30. The van der Waals surface area contributed by atoms with E-state index in [0.29, 0.717) is 10.7 Å². The highest BCUT2D eigenvalue weighted by molar-refractivity contribution is 7.14. The van der Waals surface area contributed by atoms with Crippen LogP contribution in [-0.2, 0) is 6.42 Å². The van der Waals surface area contributed by atoms with Crippen LogP contribution in [0.4, 0.5) is 0 Å². The Balaban J connectivity index is 2.49. The van der Waals surface area contributed by atoms with Crippen LogP contribution in [0.5, 0.6) is 0 Å². The Morgan fingerprint density at radius 1 is 1.56 bits per heavy atom. The summed E-state index contributed by atoms with van der Waals surface area (Å²) in [5.41, 5.74) is 0.533. The maximum absolute atomic E-state index is 11.5. The van der Waals surface area contributed by atoms with E-state index in [1.165, 1.54) is 17.4 Å². The number of hydrogen-bond donors (Lipinski definition) is 1. The van der Waals surface area contributed by atoms with E-state index in [1.807, 2.05) is 18.4 Å². The molecule has 16 heavy (non-hydrogen) atoms. The van der Waals surface area contributed by atoms with Crippen molar-refractivity contribution in [2.45, 2.75) is 19.8 Å². The molecule has 0 aliphatic carbocycles. The number of thiophene rings is 1. The quantitative estimate of drug-likeness (QED) is 0.915. The van der Waals surface area contributed by atoms with Crippen LogP contribution in [0.3, 0.4) is 0 Å². The highest BCUT2D eigenvalue weighted by Gasteiger charge is 2.08. The Kier molecular flexibility index (Phi) is 3.41. The predicted octanol–water partition coefficient (Wildman–Crippen LogP) is 3.10. The molecule has 2 rings (SSSR count). The first-order valence-electron chi connectivity index (χ1n) is 5.04. The highest BCUT2D eigenvalue weighted by atomic mass is 35.5. The molecule has 0 fully saturated rings. The summed E-state index contributed by atoms with van der Waals surface area (Å²) in [7, 11) is 0. The molecule has 84 valence electrons. The van der Waals surface area contributed by atoms with Gasteiger partial charge in [0.25, 0.3) is 5.56 Å². The molecule has 0 spiro atoms. The molecule has 0 bridgehead atoms. The molecule has 2 aromatic rings. The second-order valence-electron chi connectivity index (χ2n) is 3.42. The van der Waals surface area contributed by atoms with Crippen molar-refractivity contribution in [1.29, 1.82) is 0 Å². The molecule has 2 heterocycles. The highest BCUT2D eigenvalue weighted by Crippen LogP contribution is 2.31. The first kappa shape index (κ1) is 11.4. The zero-order chi connectivity index (χ0) is 11.5. The van der Waals surface area contributed by atoms with Crippen molar-refractivity contribution < 1.29 is 0 Å². The van der Waals surface area contributed by atoms with E-state index in [2.05, 4.69) is 9.97 Å². The summed E-state index contributed by atoms with van der Waals surface area (Å²) < 4.78 is 0. The summed E-state index contributed by atoms with van der Waals surface area (Å²) in [5, 5.41) is 2.53. The molecule has 2 aromatic heterocycles. The fraction of sp³-hybridized carbons (Fsp3) is 0.273. The Bertz CT molecular complexity index is 547. The number of nitrogens with one attached hydrogen (secondary N) is 1. The molecule has 0 aromatic carbocycles. The van der Waals surface area contributed by atoms with Gasteiger partial charge in [0.15, 0.2) is 0 Å². The predicted molar refractivity (Wildman–Crippen MR) is 67.2 cm³/mol. The van der Waals surface area contributed by atoms with Gasteiger partial charge in [-0.15, -0.1) is 11.3 Å². The van der Waals surface area contributed by atoms with Gasteiger partial charge in [-0.05, 0) is 17.9 Å². The lowest BCUT2D eigenvalue weighted by Gasteiger charge is -2.01. The van der Waals surface area contributed by atoms with E-state index >= 15 is 0 Å². The Morgan fingerprint density at radius 2 is 2.38 bits per heavy atom. The monoisotopic (exact) mass is 254 g/mol. The van der Waals surface area contributed by atoms with E-state index in [1.54, 1.807) is 0 Å². The van der Waals surface area contributed by atoms with Gasteiger partial charge in [-0.3, -0.25) is 4.79 Å². The summed E-state index contributed by atoms with van der Waals surface area (Å²) in [4.78, 5) is 19.4. The molecule has 0 atom stereocenters. The fourth-order valence-corrected chi connectivity index (χ4v) is 2.57. The van der Waals surface area contributed by atoms with Crippen molar-refractivity contribution in [3.8, 4) is 10.6 Å². The molecule has 1 N–H and O–H groups in total. The molecule has 0 aliphatic rings. The van der Waals surface area contributed by atoms with E-state index in [0.717, 1.165) is 23.5 Å². The molecule has 0 amide bonds. The number of aromatic nitrogens is 2. The second kappa shape index (κ2) is 4.80. The van der Waals surface area contributed by atoms with Gasteiger partial charge >= 0.3 is 0 Å². The molecule has 3 nitrogen and oxygen atoms in total. The Labute approximate surface area is 102 Å². The maximum Gasteiger partial charge on any atom is 0.251 e. The largest absolute Gasteiger partial charge is 0.311 e. The van der Waals surface area contributed by atoms with Crippen LogP contribution in [0.15, 0.2) is 22.3 Å². The van der Waals surface area contributed by atoms with Gasteiger partial charge in [0.2, 0.25) is 0 Å². The van der Waals surface area contributed by atoms with Gasteiger partial charge < -0.3 is 4.98 Å². The minimum atomic E-state index is -0.127. The van der Waals surface area contributed by atoms with Crippen LogP contribution >= 0.6 is 22.9 Å². The number of H-pyrrole nitrogens is 1. The van der Waals surface area contributed by atoms with Crippen molar-refractivity contribution in [3.63, 3.8) is 0 Å². The number of rotatable bonds is 3. The average Bonchev–Trinajstić information content (AvgIpc) is 2.64. The second-order valence-corrected chi connectivity index (χ2v) is 4.75. The number of hydrogen-bond acceptors (Lipinski definition) is 3. The number of halogens is 1. The number of nitrogens with zero attached hydrogens (tertiary/aromatic N) is 1. The van der Waals surface area contributed by atoms with E-state index < -0.39 is 0 Å². The maximum atomic E-state index is 11.5. The van der Waals surface area contributed by atoms with Gasteiger partial charge in [0.05, 0.1) is 15.6 Å². The van der Waals surface area contributed by atoms with Crippen molar-refractivity contribution in [2.75, 3.05) is 0 Å². The smallest absolute Gasteiger partial charge is 0.251 e. The van der Waals surface area contributed by atoms with E-state index in [4.69, 9.17) is 11.6 Å². The zero-order valence-corrected chi connectivity index (χ0v) is 10.4. The summed E-state index contributed by atoms with van der Waals surface area (Å²) in [6.45, 7) is 2.05. The third-order valence-electron chi connectivity index (χ3n) is 2.13. The molecule has 0 saturated carbocycles. The Hall–Kier alpha value is -1.13. The third-order valence-corrected chi connectivity index (χ3v) is 3.49. The molecular formula is C11H11ClN2OS. The van der Waals surface area contributed by atoms with Crippen LogP contribution in [0.1, 0.15) is 19.2 Å². The van der Waals surface area contributed by atoms with Crippen LogP contribution in [0.25, 0.3) is 10.6 Å². The topological polar surface area (TPSA) is 45.8 Å². The molecular weight excluding hydrogens is 244 g/mol. The van der Waals surface area contributed by atoms with Crippen molar-refractivity contribution >= 4 is 22.9 Å². The van der Waals surface area contributed by atoms with Crippen LogP contribution in [-0.4, -0.2) is 9.97 Å². The number of aromatic amines is 1. The van der Waals surface area contributed by atoms with Gasteiger partial charge in [-0.1, -0.05) is 18.5 Å². The van der Waals surface area contributed by atoms with E-state index in [-0.39, 0.29) is 5.56 Å². The van der Waals surface area contributed by atoms with Crippen LogP contribution in [0.2, 0.25) is 5.02 Å². The summed E-state index contributed by atoms with van der Waals surface area (Å²) in [5.74, 6) is 0.717. The van der Waals surface area contributed by atoms with Gasteiger partial charge in [-0.2, -0.15) is 0 Å². The third kappa shape index (κ3) is 2.33. The van der Waals surface area contributed by atoms with Crippen molar-refractivity contribution in [2.24, 2.45) is 0 Å². The van der Waals surface area contributed by atoms with Gasteiger partial charge in [-0.25, -0.2) is 4.98 Å². The summed E-state index contributed by atoms with van der Waals surface area (Å²) in [6.07, 6.45) is 1.72. The SMILES string of the molecule is CCCc1nc(-c2sccc2Cl)cc(=O)[nH]1. The van der Waals surface area contributed by atoms with Gasteiger partial charge in [0.1, 0.15) is 5.82 Å². The number of aryl methyl sites for hydroxylation is 1. The molecule has 0 saturated heterocycles. The minimum absolute atomic E-state index is 0.127. The normalized spacial score (nSPS) is 10.6. The molecule has 0 unspecified atom stereocenters. The van der Waals surface area contributed by atoms with Gasteiger partial charge in [0, 0.05) is 12.5 Å². The summed E-state index contributed by atoms with van der Waals surface area (Å²) in [6, 6.07) is 3.29. The van der Waals surface area contributed by atoms with Crippen LogP contribution in [0, 0.1) is 0 Å². The standard InChI is InChI=1S/C11H11ClN2OS/c1-2-3-9-13-8(6-10(15)14-9)11-7(12)4-5-16-11/h4-6H,2-3H2,1H3,(H,13,14,15). The lowest BCUT2D eigenvalue weighted by Crippen LogP contribution is -2.10. The summed E-state index contributed by atoms with van der Waals surface area (Å²) >= 11 is 7.51. The fourth-order valence-electron chi connectivity index (χ4n) is 1.46. The minimum Gasteiger partial charge on any atom is -0.311 e. The zero-order valence-electron chi connectivity index (χ0n) is 8.79. The van der Waals surface area contributed by atoms with E-state index in [9.17, 15) is 4.79 Å². The van der Waals surface area contributed by atoms with Crippen molar-refractivity contribution in [3.05, 3.63) is 38.7 Å². The first-order chi connectivity index (χ1) is 7.70. The lowest BCUT2D eigenvalue weighted by molar-refractivity contribution is 0.828. The molecule has 0 radical (unpaired) electrons.